The number of hydrogen-bond donors (Lipinski definition) is 0. The zero-order chi connectivity index (χ0) is 7.56. The maximum Gasteiger partial charge on any atom is 1.00 e. The van der Waals surface area contributed by atoms with E-state index in [9.17, 15) is 8.76 Å². The molecule has 0 spiro atoms. The molecule has 0 bridgehead atoms. The van der Waals surface area contributed by atoms with Crippen molar-refractivity contribution < 1.29 is 27.6 Å². The summed E-state index contributed by atoms with van der Waals surface area (Å²) in [5, 5.41) is 0.147. The van der Waals surface area contributed by atoms with E-state index in [-0.39, 0.29) is 29.0 Å². The predicted molar refractivity (Wildman–Crippen MR) is 36.4 cm³/mol. The molecular weight excluding hydrogens is 181 g/mol. The molecule has 1 aromatic rings. The molecule has 6 heteroatoms. The van der Waals surface area contributed by atoms with Crippen molar-refractivity contribution >= 4 is 22.7 Å². The van der Waals surface area contributed by atoms with Crippen molar-refractivity contribution in [3.63, 3.8) is 0 Å². The first-order chi connectivity index (χ1) is 4.70. The van der Waals surface area contributed by atoms with Gasteiger partial charge < -0.3 is 4.55 Å². The average Bonchev–Trinajstić information content (AvgIpc) is 1.88. The van der Waals surface area contributed by atoms with Crippen LogP contribution in [0.25, 0.3) is 0 Å². The molecule has 0 aromatic carbocycles. The summed E-state index contributed by atoms with van der Waals surface area (Å²) in [5.74, 6) is 0. The van der Waals surface area contributed by atoms with E-state index < -0.39 is 11.1 Å². The molecule has 0 fully saturated rings. The van der Waals surface area contributed by atoms with Crippen LogP contribution in [0.15, 0.2) is 23.2 Å². The first-order valence-electron chi connectivity index (χ1n) is 2.42. The third-order valence-corrected chi connectivity index (χ3v) is 1.64. The molecule has 1 rings (SSSR count). The summed E-state index contributed by atoms with van der Waals surface area (Å²) in [6.07, 6.45) is 0. The van der Waals surface area contributed by atoms with E-state index in [4.69, 9.17) is 11.6 Å². The number of rotatable bonds is 1. The van der Waals surface area contributed by atoms with Crippen LogP contribution in [0.1, 0.15) is 0 Å². The van der Waals surface area contributed by atoms with Gasteiger partial charge in [0.2, 0.25) is 0 Å². The van der Waals surface area contributed by atoms with Gasteiger partial charge in [-0.3, -0.25) is 4.21 Å². The van der Waals surface area contributed by atoms with Gasteiger partial charge >= 0.3 is 18.9 Å². The normalized spacial score (nSPS) is 11.8. The Bertz CT molecular complexity index is 270. The van der Waals surface area contributed by atoms with Gasteiger partial charge in [-0.1, -0.05) is 17.7 Å². The van der Waals surface area contributed by atoms with Gasteiger partial charge in [0.25, 0.3) is 0 Å². The Kier molecular flexibility index (Phi) is 4.98. The van der Waals surface area contributed by atoms with E-state index in [0.29, 0.717) is 0 Å². The third kappa shape index (κ3) is 3.37. The topological polar surface area (TPSA) is 53.0 Å². The van der Waals surface area contributed by atoms with Gasteiger partial charge in [0, 0.05) is 0 Å². The van der Waals surface area contributed by atoms with Crippen LogP contribution in [-0.2, 0) is 11.1 Å². The smallest absolute Gasteiger partial charge is 0.767 e. The molecule has 0 aliphatic heterocycles. The summed E-state index contributed by atoms with van der Waals surface area (Å²) >= 11 is 3.12. The van der Waals surface area contributed by atoms with Gasteiger partial charge in [0.1, 0.15) is 10.2 Å². The SMILES string of the molecule is O=S([O-])c1cccc(Cl)n1.[Li+]. The van der Waals surface area contributed by atoms with Crippen LogP contribution in [0.5, 0.6) is 0 Å². The number of aromatic nitrogens is 1. The Hall–Kier alpha value is 0.147. The van der Waals surface area contributed by atoms with Crippen LogP contribution < -0.4 is 18.9 Å². The Morgan fingerprint density at radius 3 is 2.55 bits per heavy atom. The second-order valence-corrected chi connectivity index (χ2v) is 2.81. The van der Waals surface area contributed by atoms with Crippen LogP contribution >= 0.6 is 11.6 Å². The van der Waals surface area contributed by atoms with E-state index in [0.717, 1.165) is 0 Å². The quantitative estimate of drug-likeness (QED) is 0.287. The summed E-state index contributed by atoms with van der Waals surface area (Å²) in [4.78, 5) is 3.53. The second kappa shape index (κ2) is 4.91. The van der Waals surface area contributed by atoms with E-state index in [2.05, 4.69) is 4.98 Å². The molecular formula is C5H3ClLiNO2S. The first-order valence-corrected chi connectivity index (χ1v) is 3.87. The minimum atomic E-state index is -2.28. The first kappa shape index (κ1) is 11.1. The number of hydrogen-bond acceptors (Lipinski definition) is 3. The maximum absolute atomic E-state index is 10.2. The molecule has 0 aliphatic carbocycles. The van der Waals surface area contributed by atoms with E-state index in [1.807, 2.05) is 0 Å². The minimum absolute atomic E-state index is 0. The fourth-order valence-electron chi connectivity index (χ4n) is 0.482. The molecule has 1 atom stereocenters. The zero-order valence-electron chi connectivity index (χ0n) is 5.78. The largest absolute Gasteiger partial charge is 1.00 e. The summed E-state index contributed by atoms with van der Waals surface area (Å²) in [6, 6.07) is 4.41. The zero-order valence-corrected chi connectivity index (χ0v) is 7.35. The van der Waals surface area contributed by atoms with Crippen molar-refractivity contribution in [3.05, 3.63) is 23.4 Å². The van der Waals surface area contributed by atoms with Gasteiger partial charge in [-0.2, -0.15) is 0 Å². The summed E-state index contributed by atoms with van der Waals surface area (Å²) in [5.41, 5.74) is 0. The van der Waals surface area contributed by atoms with Crippen LogP contribution in [0.4, 0.5) is 0 Å². The summed E-state index contributed by atoms with van der Waals surface area (Å²) in [6.45, 7) is 0. The van der Waals surface area contributed by atoms with Crippen molar-refractivity contribution in [2.75, 3.05) is 0 Å². The Labute approximate surface area is 83.6 Å². The molecule has 1 aromatic heterocycles. The molecule has 1 heterocycles. The molecule has 11 heavy (non-hydrogen) atoms. The van der Waals surface area contributed by atoms with Gasteiger partial charge in [0.05, 0.1) is 0 Å². The third-order valence-electron chi connectivity index (χ3n) is 0.860. The molecule has 0 N–H and O–H groups in total. The molecule has 0 saturated heterocycles. The van der Waals surface area contributed by atoms with Crippen LogP contribution in [0, 0.1) is 0 Å². The monoisotopic (exact) mass is 183 g/mol. The predicted octanol–water partition coefficient (Wildman–Crippen LogP) is -2.02. The number of pyridine rings is 1. The van der Waals surface area contributed by atoms with Crippen molar-refractivity contribution in [3.8, 4) is 0 Å². The van der Waals surface area contributed by atoms with Crippen molar-refractivity contribution in [1.82, 2.24) is 4.98 Å². The maximum atomic E-state index is 10.2. The van der Waals surface area contributed by atoms with Gasteiger partial charge in [-0.05, 0) is 23.2 Å². The molecule has 0 aliphatic rings. The van der Waals surface area contributed by atoms with Crippen molar-refractivity contribution in [2.45, 2.75) is 5.03 Å². The van der Waals surface area contributed by atoms with Crippen LogP contribution in [-0.4, -0.2) is 13.7 Å². The Morgan fingerprint density at radius 2 is 2.18 bits per heavy atom. The van der Waals surface area contributed by atoms with Crippen LogP contribution in [0.3, 0.4) is 0 Å². The fourth-order valence-corrected chi connectivity index (χ4v) is 1.06. The molecule has 0 amide bonds. The van der Waals surface area contributed by atoms with Crippen molar-refractivity contribution in [1.29, 1.82) is 0 Å². The van der Waals surface area contributed by atoms with Gasteiger partial charge in [0.15, 0.2) is 0 Å². The standard InChI is InChI=1S/C5H4ClNO2S.Li/c6-4-2-1-3-5(7-4)10(8)9;/h1-3H,(H,8,9);/q;+1/p-1. The van der Waals surface area contributed by atoms with Gasteiger partial charge in [-0.25, -0.2) is 4.98 Å². The van der Waals surface area contributed by atoms with Crippen LogP contribution in [0.2, 0.25) is 5.15 Å². The number of halogens is 1. The minimum Gasteiger partial charge on any atom is -0.767 e. The van der Waals surface area contributed by atoms with E-state index >= 15 is 0 Å². The van der Waals surface area contributed by atoms with Crippen molar-refractivity contribution in [2.24, 2.45) is 0 Å². The second-order valence-electron chi connectivity index (χ2n) is 1.53. The Balaban J connectivity index is 0.000001000. The molecule has 0 radical (unpaired) electrons. The molecule has 1 unspecified atom stereocenters. The van der Waals surface area contributed by atoms with E-state index in [1.54, 1.807) is 0 Å². The summed E-state index contributed by atoms with van der Waals surface area (Å²) < 4.78 is 20.5. The molecule has 3 nitrogen and oxygen atoms in total. The average molecular weight is 184 g/mol. The summed E-state index contributed by atoms with van der Waals surface area (Å²) in [7, 11) is 0. The fraction of sp³-hybridized carbons (Fsp3) is 0. The van der Waals surface area contributed by atoms with E-state index in [1.165, 1.54) is 18.2 Å². The Morgan fingerprint density at radius 1 is 1.55 bits per heavy atom. The molecule has 54 valence electrons. The van der Waals surface area contributed by atoms with Gasteiger partial charge in [-0.15, -0.1) is 0 Å². The number of nitrogens with zero attached hydrogens (tertiary/aromatic N) is 1. The molecule has 0 saturated carbocycles.